The number of halogens is 1. The summed E-state index contributed by atoms with van der Waals surface area (Å²) < 4.78 is 15.0. The molecule has 0 saturated carbocycles. The Balaban J connectivity index is 1.41. The third-order valence-electron chi connectivity index (χ3n) is 4.94. The molecule has 1 fully saturated rings. The topological polar surface area (TPSA) is 110 Å². The van der Waals surface area contributed by atoms with Crippen molar-refractivity contribution in [3.8, 4) is 5.69 Å². The van der Waals surface area contributed by atoms with E-state index in [4.69, 9.17) is 0 Å². The average molecular weight is 411 g/mol. The third-order valence-corrected chi connectivity index (χ3v) is 4.94. The van der Waals surface area contributed by atoms with Gasteiger partial charge in [-0.1, -0.05) is 18.2 Å². The van der Waals surface area contributed by atoms with E-state index < -0.39 is 4.92 Å². The molecule has 0 N–H and O–H groups in total. The maximum absolute atomic E-state index is 13.5. The standard InChI is InChI=1S/C19H18FN7O3/c20-14-4-3-5-15(12-14)26-18(21-22-23-26)13-24-8-10-25(11-9-24)19(28)16-6-1-2-7-17(16)27(29)30/h1-7,12H,8-11,13H2. The van der Waals surface area contributed by atoms with Gasteiger partial charge >= 0.3 is 0 Å². The molecule has 0 bridgehead atoms. The predicted molar refractivity (Wildman–Crippen MR) is 103 cm³/mol. The van der Waals surface area contributed by atoms with Gasteiger partial charge in [-0.05, 0) is 34.7 Å². The number of amides is 1. The van der Waals surface area contributed by atoms with Crippen molar-refractivity contribution in [1.29, 1.82) is 0 Å². The van der Waals surface area contributed by atoms with E-state index in [9.17, 15) is 19.3 Å². The molecule has 0 aliphatic carbocycles. The quantitative estimate of drug-likeness (QED) is 0.464. The van der Waals surface area contributed by atoms with Crippen LogP contribution < -0.4 is 0 Å². The number of nitro benzene ring substituents is 1. The maximum Gasteiger partial charge on any atom is 0.282 e. The molecule has 0 unspecified atom stereocenters. The van der Waals surface area contributed by atoms with Crippen LogP contribution in [0.4, 0.5) is 10.1 Å². The Labute approximate surface area is 170 Å². The number of para-hydroxylation sites is 1. The third kappa shape index (κ3) is 4.01. The second-order valence-corrected chi connectivity index (χ2v) is 6.83. The summed E-state index contributed by atoms with van der Waals surface area (Å²) in [6.07, 6.45) is 0. The van der Waals surface area contributed by atoms with Gasteiger partial charge in [-0.15, -0.1) is 5.10 Å². The molecule has 1 aliphatic rings. The SMILES string of the molecule is O=C(c1ccccc1[N+](=O)[O-])N1CCN(Cc2nnnn2-c2cccc(F)c2)CC1. The van der Waals surface area contributed by atoms with Crippen molar-refractivity contribution in [2.75, 3.05) is 26.2 Å². The van der Waals surface area contributed by atoms with Gasteiger partial charge in [0.2, 0.25) is 0 Å². The first kappa shape index (κ1) is 19.6. The van der Waals surface area contributed by atoms with E-state index in [1.54, 1.807) is 23.1 Å². The van der Waals surface area contributed by atoms with E-state index in [2.05, 4.69) is 20.4 Å². The van der Waals surface area contributed by atoms with Crippen LogP contribution in [0.1, 0.15) is 16.2 Å². The zero-order chi connectivity index (χ0) is 21.1. The number of nitro groups is 1. The van der Waals surface area contributed by atoms with Gasteiger partial charge in [0.15, 0.2) is 5.82 Å². The van der Waals surface area contributed by atoms with Crippen LogP contribution in [0.5, 0.6) is 0 Å². The molecule has 3 aromatic rings. The van der Waals surface area contributed by atoms with Gasteiger partial charge in [0.25, 0.3) is 11.6 Å². The van der Waals surface area contributed by atoms with E-state index in [0.717, 1.165) is 0 Å². The normalized spacial score (nSPS) is 14.6. The minimum atomic E-state index is -0.546. The molecule has 1 aliphatic heterocycles. The predicted octanol–water partition coefficient (Wildman–Crippen LogP) is 1.67. The van der Waals surface area contributed by atoms with Crippen molar-refractivity contribution in [1.82, 2.24) is 30.0 Å². The van der Waals surface area contributed by atoms with E-state index in [1.165, 1.54) is 35.0 Å². The Hall–Kier alpha value is -3.73. The van der Waals surface area contributed by atoms with Crippen LogP contribution in [-0.4, -0.2) is 67.0 Å². The van der Waals surface area contributed by atoms with Crippen molar-refractivity contribution in [2.24, 2.45) is 0 Å². The molecule has 0 spiro atoms. The van der Waals surface area contributed by atoms with Crippen molar-refractivity contribution >= 4 is 11.6 Å². The van der Waals surface area contributed by atoms with Gasteiger partial charge < -0.3 is 4.90 Å². The molecule has 2 heterocycles. The van der Waals surface area contributed by atoms with Crippen LogP contribution in [0, 0.1) is 15.9 Å². The van der Waals surface area contributed by atoms with Crippen LogP contribution >= 0.6 is 0 Å². The number of tetrazole rings is 1. The summed E-state index contributed by atoms with van der Waals surface area (Å²) in [6.45, 7) is 2.39. The molecular formula is C19H18FN7O3. The number of carbonyl (C=O) groups excluding carboxylic acids is 1. The zero-order valence-corrected chi connectivity index (χ0v) is 15.9. The number of carbonyl (C=O) groups is 1. The molecule has 0 atom stereocenters. The van der Waals surface area contributed by atoms with Crippen LogP contribution in [0.2, 0.25) is 0 Å². The summed E-state index contributed by atoms with van der Waals surface area (Å²) in [5.41, 5.74) is 0.422. The summed E-state index contributed by atoms with van der Waals surface area (Å²) in [4.78, 5) is 27.1. The summed E-state index contributed by atoms with van der Waals surface area (Å²) in [5, 5.41) is 22.8. The fourth-order valence-electron chi connectivity index (χ4n) is 3.41. The van der Waals surface area contributed by atoms with Crippen LogP contribution in [0.15, 0.2) is 48.5 Å². The van der Waals surface area contributed by atoms with Gasteiger partial charge in [0.1, 0.15) is 11.4 Å². The second kappa shape index (κ2) is 8.33. The molecule has 154 valence electrons. The Kier molecular flexibility index (Phi) is 5.44. The zero-order valence-electron chi connectivity index (χ0n) is 15.9. The number of aromatic nitrogens is 4. The number of piperazine rings is 1. The highest BCUT2D eigenvalue weighted by molar-refractivity contribution is 5.98. The molecule has 10 nitrogen and oxygen atoms in total. The lowest BCUT2D eigenvalue weighted by Crippen LogP contribution is -2.48. The van der Waals surface area contributed by atoms with Crippen LogP contribution in [0.25, 0.3) is 5.69 Å². The molecular weight excluding hydrogens is 393 g/mol. The minimum absolute atomic E-state index is 0.0889. The van der Waals surface area contributed by atoms with E-state index in [1.807, 2.05) is 0 Å². The van der Waals surface area contributed by atoms with Crippen molar-refractivity contribution in [3.05, 3.63) is 75.9 Å². The van der Waals surface area contributed by atoms with E-state index in [0.29, 0.717) is 44.2 Å². The highest BCUT2D eigenvalue weighted by Crippen LogP contribution is 2.21. The van der Waals surface area contributed by atoms with E-state index in [-0.39, 0.29) is 23.0 Å². The number of hydrogen-bond acceptors (Lipinski definition) is 7. The molecule has 2 aromatic carbocycles. The summed E-state index contributed by atoms with van der Waals surface area (Å²) in [5.74, 6) is -0.179. The summed E-state index contributed by atoms with van der Waals surface area (Å²) in [7, 11) is 0. The second-order valence-electron chi connectivity index (χ2n) is 6.83. The number of hydrogen-bond donors (Lipinski definition) is 0. The molecule has 11 heteroatoms. The fourth-order valence-corrected chi connectivity index (χ4v) is 3.41. The Morgan fingerprint density at radius 2 is 1.87 bits per heavy atom. The lowest BCUT2D eigenvalue weighted by atomic mass is 10.1. The van der Waals surface area contributed by atoms with Gasteiger partial charge in [0, 0.05) is 32.2 Å². The largest absolute Gasteiger partial charge is 0.336 e. The highest BCUT2D eigenvalue weighted by Gasteiger charge is 2.27. The number of rotatable bonds is 5. The first-order valence-corrected chi connectivity index (χ1v) is 9.31. The molecule has 1 saturated heterocycles. The Bertz CT molecular complexity index is 1080. The molecule has 0 radical (unpaired) electrons. The smallest absolute Gasteiger partial charge is 0.282 e. The van der Waals surface area contributed by atoms with Gasteiger partial charge in [-0.3, -0.25) is 19.8 Å². The fraction of sp³-hybridized carbons (Fsp3) is 0.263. The van der Waals surface area contributed by atoms with Crippen molar-refractivity contribution in [2.45, 2.75) is 6.54 Å². The first-order chi connectivity index (χ1) is 14.5. The summed E-state index contributed by atoms with van der Waals surface area (Å²) in [6, 6.07) is 12.0. The van der Waals surface area contributed by atoms with Crippen molar-refractivity contribution in [3.63, 3.8) is 0 Å². The lowest BCUT2D eigenvalue weighted by Gasteiger charge is -2.34. The van der Waals surface area contributed by atoms with E-state index >= 15 is 0 Å². The maximum atomic E-state index is 13.5. The Morgan fingerprint density at radius 1 is 1.10 bits per heavy atom. The highest BCUT2D eigenvalue weighted by atomic mass is 19.1. The van der Waals surface area contributed by atoms with Crippen LogP contribution in [0.3, 0.4) is 0 Å². The van der Waals surface area contributed by atoms with Crippen LogP contribution in [-0.2, 0) is 6.54 Å². The molecule has 30 heavy (non-hydrogen) atoms. The first-order valence-electron chi connectivity index (χ1n) is 9.31. The Morgan fingerprint density at radius 3 is 2.60 bits per heavy atom. The van der Waals surface area contributed by atoms with Gasteiger partial charge in [0.05, 0.1) is 17.2 Å². The van der Waals surface area contributed by atoms with Gasteiger partial charge in [-0.25, -0.2) is 4.39 Å². The summed E-state index contributed by atoms with van der Waals surface area (Å²) >= 11 is 0. The monoisotopic (exact) mass is 411 g/mol. The number of nitrogens with zero attached hydrogens (tertiary/aromatic N) is 7. The molecule has 1 amide bonds. The lowest BCUT2D eigenvalue weighted by molar-refractivity contribution is -0.385. The van der Waals surface area contributed by atoms with Gasteiger partial charge in [-0.2, -0.15) is 4.68 Å². The molecule has 4 rings (SSSR count). The average Bonchev–Trinajstić information content (AvgIpc) is 3.22. The number of benzene rings is 2. The van der Waals surface area contributed by atoms with Crippen molar-refractivity contribution < 1.29 is 14.1 Å². The minimum Gasteiger partial charge on any atom is -0.336 e. The molecule has 1 aromatic heterocycles.